The Hall–Kier alpha value is -2.27. The van der Waals surface area contributed by atoms with Gasteiger partial charge in [0.15, 0.2) is 6.29 Å². The first-order chi connectivity index (χ1) is 13.8. The Bertz CT molecular complexity index is 933. The predicted molar refractivity (Wildman–Crippen MR) is 101 cm³/mol. The van der Waals surface area contributed by atoms with Crippen molar-refractivity contribution in [1.82, 2.24) is 0 Å². The molecular formula is C20H24O9. The zero-order valence-corrected chi connectivity index (χ0v) is 15.8. The van der Waals surface area contributed by atoms with E-state index in [-0.39, 0.29) is 18.8 Å². The van der Waals surface area contributed by atoms with Crippen molar-refractivity contribution >= 4 is 11.0 Å². The van der Waals surface area contributed by atoms with Gasteiger partial charge in [0.2, 0.25) is 0 Å². The van der Waals surface area contributed by atoms with Gasteiger partial charge in [0, 0.05) is 17.0 Å². The Balaban J connectivity index is 1.68. The fraction of sp³-hybridized carbons (Fsp3) is 0.450. The molecule has 1 aliphatic rings. The number of allylic oxidation sites excluding steroid dienone is 1. The van der Waals surface area contributed by atoms with Crippen LogP contribution in [0.25, 0.3) is 11.0 Å². The molecule has 0 unspecified atom stereocenters. The Morgan fingerprint density at radius 3 is 2.59 bits per heavy atom. The fourth-order valence-electron chi connectivity index (χ4n) is 3.13. The number of hydrogen-bond acceptors (Lipinski definition) is 9. The molecule has 1 aromatic heterocycles. The lowest BCUT2D eigenvalue weighted by atomic mass is 9.99. The third kappa shape index (κ3) is 4.67. The second kappa shape index (κ2) is 9.04. The molecule has 5 atom stereocenters. The average molecular weight is 408 g/mol. The van der Waals surface area contributed by atoms with Gasteiger partial charge in [0.05, 0.1) is 13.2 Å². The van der Waals surface area contributed by atoms with E-state index in [1.807, 2.05) is 0 Å². The molecule has 0 aliphatic carbocycles. The lowest BCUT2D eigenvalue weighted by Gasteiger charge is -2.39. The van der Waals surface area contributed by atoms with E-state index in [0.29, 0.717) is 16.5 Å². The quantitative estimate of drug-likeness (QED) is 0.323. The number of rotatable bonds is 6. The van der Waals surface area contributed by atoms with Crippen LogP contribution in [0.1, 0.15) is 12.5 Å². The van der Waals surface area contributed by atoms with Gasteiger partial charge in [0.25, 0.3) is 0 Å². The standard InChI is InChI=1S/C20H24O9/c1-10(9-27-20-18(26)17(25)16(24)14(8-21)28-20)2-5-12-13(22)6-3-11-4-7-15(23)29-19(11)12/h2-4,6-7,14,16-18,20-22,24-26H,5,8-9H2,1H3/b10-2+/t14-,16-,17+,18-,20-/m1/s1. The summed E-state index contributed by atoms with van der Waals surface area (Å²) in [6.45, 7) is 1.24. The minimum absolute atomic E-state index is 0.00856. The minimum Gasteiger partial charge on any atom is -0.508 e. The third-order valence-corrected chi connectivity index (χ3v) is 4.85. The normalized spacial score (nSPS) is 28.0. The van der Waals surface area contributed by atoms with E-state index in [2.05, 4.69) is 0 Å². The first kappa shape index (κ1) is 21.4. The summed E-state index contributed by atoms with van der Waals surface area (Å²) in [7, 11) is 0. The summed E-state index contributed by atoms with van der Waals surface area (Å²) in [4.78, 5) is 11.5. The number of phenols is 1. The van der Waals surface area contributed by atoms with Crippen molar-refractivity contribution in [3.63, 3.8) is 0 Å². The van der Waals surface area contributed by atoms with Crippen molar-refractivity contribution in [3.05, 3.63) is 51.9 Å². The van der Waals surface area contributed by atoms with E-state index >= 15 is 0 Å². The Morgan fingerprint density at radius 1 is 1.14 bits per heavy atom. The predicted octanol–water partition coefficient (Wildman–Crippen LogP) is -0.196. The molecule has 1 fully saturated rings. The average Bonchev–Trinajstić information content (AvgIpc) is 2.70. The van der Waals surface area contributed by atoms with Gasteiger partial charge in [-0.3, -0.25) is 0 Å². The third-order valence-electron chi connectivity index (χ3n) is 4.85. The molecule has 158 valence electrons. The molecule has 0 spiro atoms. The number of aromatic hydroxyl groups is 1. The smallest absolute Gasteiger partial charge is 0.336 e. The van der Waals surface area contributed by atoms with Gasteiger partial charge in [-0.05, 0) is 31.5 Å². The Morgan fingerprint density at radius 2 is 1.86 bits per heavy atom. The molecule has 0 amide bonds. The summed E-state index contributed by atoms with van der Waals surface area (Å²) in [5, 5.41) is 49.6. The van der Waals surface area contributed by atoms with Crippen molar-refractivity contribution < 1.29 is 39.4 Å². The maximum Gasteiger partial charge on any atom is 0.336 e. The zero-order chi connectivity index (χ0) is 21.1. The van der Waals surface area contributed by atoms with Gasteiger partial charge < -0.3 is 39.4 Å². The van der Waals surface area contributed by atoms with Crippen LogP contribution in [0.4, 0.5) is 0 Å². The van der Waals surface area contributed by atoms with Crippen molar-refractivity contribution in [2.75, 3.05) is 13.2 Å². The molecule has 0 radical (unpaired) electrons. The topological polar surface area (TPSA) is 150 Å². The molecule has 3 rings (SSSR count). The largest absolute Gasteiger partial charge is 0.508 e. The van der Waals surface area contributed by atoms with Crippen LogP contribution >= 0.6 is 0 Å². The molecular weight excluding hydrogens is 384 g/mol. The number of aliphatic hydroxyl groups excluding tert-OH is 4. The number of hydrogen-bond donors (Lipinski definition) is 5. The highest BCUT2D eigenvalue weighted by Gasteiger charge is 2.43. The van der Waals surface area contributed by atoms with Gasteiger partial charge in [-0.25, -0.2) is 4.79 Å². The van der Waals surface area contributed by atoms with Crippen LogP contribution in [0.2, 0.25) is 0 Å². The van der Waals surface area contributed by atoms with Gasteiger partial charge in [-0.2, -0.15) is 0 Å². The number of aliphatic hydroxyl groups is 4. The summed E-state index contributed by atoms with van der Waals surface area (Å²) in [6, 6.07) is 6.09. The summed E-state index contributed by atoms with van der Waals surface area (Å²) in [6.07, 6.45) is -4.68. The molecule has 1 aliphatic heterocycles. The molecule has 0 bridgehead atoms. The summed E-state index contributed by atoms with van der Waals surface area (Å²) < 4.78 is 16.0. The summed E-state index contributed by atoms with van der Waals surface area (Å²) in [5.74, 6) is -0.00856. The summed E-state index contributed by atoms with van der Waals surface area (Å²) >= 11 is 0. The fourth-order valence-corrected chi connectivity index (χ4v) is 3.13. The second-order valence-corrected chi connectivity index (χ2v) is 7.00. The minimum atomic E-state index is -1.51. The van der Waals surface area contributed by atoms with Crippen molar-refractivity contribution in [3.8, 4) is 5.75 Å². The number of phenolic OH excluding ortho intramolecular Hbond substituents is 1. The molecule has 1 saturated heterocycles. The molecule has 0 saturated carbocycles. The second-order valence-electron chi connectivity index (χ2n) is 7.00. The molecule has 9 heteroatoms. The van der Waals surface area contributed by atoms with E-state index in [0.717, 1.165) is 5.57 Å². The van der Waals surface area contributed by atoms with E-state index in [1.165, 1.54) is 12.1 Å². The van der Waals surface area contributed by atoms with Crippen LogP contribution in [0.3, 0.4) is 0 Å². The van der Waals surface area contributed by atoms with Crippen LogP contribution in [0, 0.1) is 0 Å². The molecule has 1 aromatic carbocycles. The van der Waals surface area contributed by atoms with E-state index < -0.39 is 42.9 Å². The number of fused-ring (bicyclic) bond motifs is 1. The van der Waals surface area contributed by atoms with Crippen molar-refractivity contribution in [2.24, 2.45) is 0 Å². The maximum atomic E-state index is 11.5. The molecule has 2 aromatic rings. The van der Waals surface area contributed by atoms with Crippen LogP contribution in [-0.2, 0) is 15.9 Å². The Kier molecular flexibility index (Phi) is 6.68. The number of ether oxygens (including phenoxy) is 2. The number of benzene rings is 1. The highest BCUT2D eigenvalue weighted by atomic mass is 16.7. The lowest BCUT2D eigenvalue weighted by Crippen LogP contribution is -2.59. The van der Waals surface area contributed by atoms with Crippen LogP contribution in [-0.4, -0.2) is 69.5 Å². The molecule has 29 heavy (non-hydrogen) atoms. The van der Waals surface area contributed by atoms with Crippen molar-refractivity contribution in [1.29, 1.82) is 0 Å². The highest BCUT2D eigenvalue weighted by molar-refractivity contribution is 5.82. The molecule has 2 heterocycles. The van der Waals surface area contributed by atoms with Crippen LogP contribution < -0.4 is 5.63 Å². The highest BCUT2D eigenvalue weighted by Crippen LogP contribution is 2.27. The molecule has 5 N–H and O–H groups in total. The van der Waals surface area contributed by atoms with E-state index in [4.69, 9.17) is 13.9 Å². The first-order valence-electron chi connectivity index (χ1n) is 9.14. The monoisotopic (exact) mass is 408 g/mol. The van der Waals surface area contributed by atoms with Gasteiger partial charge >= 0.3 is 5.63 Å². The lowest BCUT2D eigenvalue weighted by molar-refractivity contribution is -0.299. The van der Waals surface area contributed by atoms with E-state index in [9.17, 15) is 30.3 Å². The van der Waals surface area contributed by atoms with Gasteiger partial charge in [-0.15, -0.1) is 0 Å². The first-order valence-corrected chi connectivity index (χ1v) is 9.14. The maximum absolute atomic E-state index is 11.5. The van der Waals surface area contributed by atoms with Crippen molar-refractivity contribution in [2.45, 2.75) is 44.1 Å². The SMILES string of the molecule is C/C(=C\Cc1c(O)ccc2ccc(=O)oc12)CO[C@@H]1O[C@H](CO)[C@@H](O)[C@H](O)[C@H]1O. The zero-order valence-electron chi connectivity index (χ0n) is 15.8. The van der Waals surface area contributed by atoms with Gasteiger partial charge in [-0.1, -0.05) is 11.6 Å². The Labute approximate surface area is 166 Å². The van der Waals surface area contributed by atoms with Crippen LogP contribution in [0.15, 0.2) is 45.1 Å². The van der Waals surface area contributed by atoms with E-state index in [1.54, 1.807) is 25.1 Å². The molecule has 9 nitrogen and oxygen atoms in total. The van der Waals surface area contributed by atoms with Gasteiger partial charge in [0.1, 0.15) is 35.7 Å². The van der Waals surface area contributed by atoms with Crippen LogP contribution in [0.5, 0.6) is 5.75 Å². The summed E-state index contributed by atoms with van der Waals surface area (Å²) in [5.41, 5.74) is 0.955.